The fourth-order valence-corrected chi connectivity index (χ4v) is 8.78. The Balaban J connectivity index is 1.30. The quantitative estimate of drug-likeness (QED) is 0.835. The van der Waals surface area contributed by atoms with E-state index in [1.807, 2.05) is 35.7 Å². The molecule has 1 aromatic rings. The van der Waals surface area contributed by atoms with Crippen LogP contribution >= 0.6 is 23.5 Å². The molecule has 24 heavy (non-hydrogen) atoms. The summed E-state index contributed by atoms with van der Waals surface area (Å²) in [6, 6.07) is 8.38. The van der Waals surface area contributed by atoms with Crippen molar-refractivity contribution in [3.63, 3.8) is 0 Å². The summed E-state index contributed by atoms with van der Waals surface area (Å²) in [5, 5.41) is 3.48. The van der Waals surface area contributed by atoms with Crippen LogP contribution in [0.2, 0.25) is 0 Å². The molecular formula is C20H25NOS2. The van der Waals surface area contributed by atoms with Gasteiger partial charge in [0.05, 0.1) is 4.58 Å². The van der Waals surface area contributed by atoms with Crippen molar-refractivity contribution in [2.45, 2.75) is 48.6 Å². The fraction of sp³-hybridized carbons (Fsp3) is 0.650. The number of nitrogens with one attached hydrogen (secondary N) is 1. The van der Waals surface area contributed by atoms with E-state index in [0.29, 0.717) is 4.58 Å². The van der Waals surface area contributed by atoms with E-state index in [0.717, 1.165) is 23.3 Å². The van der Waals surface area contributed by atoms with Crippen molar-refractivity contribution < 1.29 is 4.79 Å². The van der Waals surface area contributed by atoms with E-state index in [9.17, 15) is 4.79 Å². The van der Waals surface area contributed by atoms with Gasteiger partial charge in [-0.3, -0.25) is 4.79 Å². The van der Waals surface area contributed by atoms with Gasteiger partial charge >= 0.3 is 0 Å². The molecule has 5 aliphatic rings. The van der Waals surface area contributed by atoms with E-state index in [2.05, 4.69) is 17.4 Å². The van der Waals surface area contributed by atoms with Gasteiger partial charge < -0.3 is 5.32 Å². The van der Waals surface area contributed by atoms with Crippen molar-refractivity contribution >= 4 is 29.4 Å². The molecule has 1 aromatic carbocycles. The predicted molar refractivity (Wildman–Crippen MR) is 102 cm³/mol. The summed E-state index contributed by atoms with van der Waals surface area (Å²) >= 11 is 4.03. The highest BCUT2D eigenvalue weighted by molar-refractivity contribution is 8.19. The Hall–Kier alpha value is -0.610. The van der Waals surface area contributed by atoms with Gasteiger partial charge in [0.25, 0.3) is 5.91 Å². The Labute approximate surface area is 152 Å². The van der Waals surface area contributed by atoms with Crippen LogP contribution in [0, 0.1) is 17.8 Å². The van der Waals surface area contributed by atoms with Crippen LogP contribution in [0.1, 0.15) is 59.0 Å². The first-order chi connectivity index (χ1) is 11.7. The fourth-order valence-electron chi connectivity index (χ4n) is 5.92. The Bertz CT molecular complexity index is 600. The molecule has 0 unspecified atom stereocenters. The molecule has 1 N–H and O–H groups in total. The maximum atomic E-state index is 12.8. The highest BCUT2D eigenvalue weighted by Crippen LogP contribution is 2.55. The second kappa shape index (κ2) is 5.98. The van der Waals surface area contributed by atoms with Crippen molar-refractivity contribution in [3.8, 4) is 0 Å². The normalized spacial score (nSPS) is 37.8. The Morgan fingerprint density at radius 2 is 1.46 bits per heavy atom. The van der Waals surface area contributed by atoms with Crippen LogP contribution in [-0.2, 0) is 0 Å². The van der Waals surface area contributed by atoms with Crippen LogP contribution < -0.4 is 5.32 Å². The minimum atomic E-state index is 0.113. The maximum absolute atomic E-state index is 12.8. The SMILES string of the molecule is O=C(NC12CC3CC(CC(C3)C1)C2)c1ccc(C2SCCS2)cc1. The summed E-state index contributed by atoms with van der Waals surface area (Å²) in [6.45, 7) is 0. The lowest BCUT2D eigenvalue weighted by Crippen LogP contribution is -2.59. The molecule has 6 rings (SSSR count). The lowest BCUT2D eigenvalue weighted by atomic mass is 9.53. The van der Waals surface area contributed by atoms with E-state index in [-0.39, 0.29) is 11.4 Å². The zero-order chi connectivity index (χ0) is 16.1. The molecule has 1 heterocycles. The Morgan fingerprint density at radius 1 is 0.917 bits per heavy atom. The van der Waals surface area contributed by atoms with E-state index in [1.165, 1.54) is 55.6 Å². The molecule has 4 aliphatic carbocycles. The summed E-state index contributed by atoms with van der Waals surface area (Å²) < 4.78 is 0.560. The number of thioether (sulfide) groups is 2. The molecule has 4 heteroatoms. The van der Waals surface area contributed by atoms with Crippen molar-refractivity contribution in [3.05, 3.63) is 35.4 Å². The van der Waals surface area contributed by atoms with Gasteiger partial charge in [-0.15, -0.1) is 23.5 Å². The first-order valence-electron chi connectivity index (χ1n) is 9.35. The third-order valence-electron chi connectivity index (χ3n) is 6.48. The molecule has 4 saturated carbocycles. The number of carbonyl (C=O) groups is 1. The smallest absolute Gasteiger partial charge is 0.251 e. The summed E-state index contributed by atoms with van der Waals surface area (Å²) in [6.07, 6.45) is 7.91. The molecule has 4 bridgehead atoms. The molecule has 0 spiro atoms. The predicted octanol–water partition coefficient (Wildman–Crippen LogP) is 4.86. The summed E-state index contributed by atoms with van der Waals surface area (Å²) in [4.78, 5) is 12.8. The Kier molecular flexibility index (Phi) is 3.89. The van der Waals surface area contributed by atoms with Gasteiger partial charge in [-0.1, -0.05) is 12.1 Å². The molecule has 0 atom stereocenters. The Morgan fingerprint density at radius 3 is 2.00 bits per heavy atom. The number of rotatable bonds is 3. The average Bonchev–Trinajstić information content (AvgIpc) is 3.07. The van der Waals surface area contributed by atoms with Crippen LogP contribution in [0.25, 0.3) is 0 Å². The number of benzene rings is 1. The number of hydrogen-bond acceptors (Lipinski definition) is 3. The third kappa shape index (κ3) is 2.80. The summed E-state index contributed by atoms with van der Waals surface area (Å²) in [5.74, 6) is 5.24. The van der Waals surface area contributed by atoms with E-state index in [1.54, 1.807) is 0 Å². The molecule has 5 fully saturated rings. The van der Waals surface area contributed by atoms with Gasteiger partial charge in [0, 0.05) is 22.6 Å². The molecule has 0 radical (unpaired) electrons. The minimum absolute atomic E-state index is 0.113. The monoisotopic (exact) mass is 359 g/mol. The summed E-state index contributed by atoms with van der Waals surface area (Å²) in [7, 11) is 0. The molecular weight excluding hydrogens is 334 g/mol. The first-order valence-corrected chi connectivity index (χ1v) is 11.4. The lowest BCUT2D eigenvalue weighted by Gasteiger charge is -2.56. The summed E-state index contributed by atoms with van der Waals surface area (Å²) in [5.41, 5.74) is 2.30. The van der Waals surface area contributed by atoms with Crippen molar-refractivity contribution in [2.24, 2.45) is 17.8 Å². The molecule has 2 nitrogen and oxygen atoms in total. The number of carbonyl (C=O) groups excluding carboxylic acids is 1. The van der Waals surface area contributed by atoms with Crippen LogP contribution in [0.3, 0.4) is 0 Å². The third-order valence-corrected chi connectivity index (χ3v) is 9.59. The van der Waals surface area contributed by atoms with E-state index < -0.39 is 0 Å². The second-order valence-electron chi connectivity index (χ2n) is 8.35. The van der Waals surface area contributed by atoms with Crippen molar-refractivity contribution in [1.82, 2.24) is 5.32 Å². The average molecular weight is 360 g/mol. The van der Waals surface area contributed by atoms with E-state index in [4.69, 9.17) is 0 Å². The largest absolute Gasteiger partial charge is 0.347 e. The van der Waals surface area contributed by atoms with Crippen molar-refractivity contribution in [2.75, 3.05) is 11.5 Å². The van der Waals surface area contributed by atoms with Crippen LogP contribution in [-0.4, -0.2) is 23.0 Å². The molecule has 1 saturated heterocycles. The minimum Gasteiger partial charge on any atom is -0.347 e. The van der Waals surface area contributed by atoms with Gasteiger partial charge in [-0.25, -0.2) is 0 Å². The highest BCUT2D eigenvalue weighted by atomic mass is 32.2. The molecule has 0 aromatic heterocycles. The van der Waals surface area contributed by atoms with Gasteiger partial charge in [0.15, 0.2) is 0 Å². The molecule has 1 aliphatic heterocycles. The number of hydrogen-bond donors (Lipinski definition) is 1. The van der Waals surface area contributed by atoms with E-state index >= 15 is 0 Å². The van der Waals surface area contributed by atoms with Gasteiger partial charge in [-0.05, 0) is 74.0 Å². The zero-order valence-corrected chi connectivity index (χ0v) is 15.6. The maximum Gasteiger partial charge on any atom is 0.251 e. The highest BCUT2D eigenvalue weighted by Gasteiger charge is 2.51. The second-order valence-corrected chi connectivity index (χ2v) is 11.1. The molecule has 1 amide bonds. The zero-order valence-electron chi connectivity index (χ0n) is 14.0. The van der Waals surface area contributed by atoms with Crippen LogP contribution in [0.15, 0.2) is 24.3 Å². The lowest BCUT2D eigenvalue weighted by molar-refractivity contribution is -0.0167. The van der Waals surface area contributed by atoms with Crippen LogP contribution in [0.5, 0.6) is 0 Å². The van der Waals surface area contributed by atoms with Gasteiger partial charge in [0.1, 0.15) is 0 Å². The first kappa shape index (κ1) is 15.6. The van der Waals surface area contributed by atoms with Crippen molar-refractivity contribution in [1.29, 1.82) is 0 Å². The van der Waals surface area contributed by atoms with Gasteiger partial charge in [0.2, 0.25) is 0 Å². The van der Waals surface area contributed by atoms with Crippen LogP contribution in [0.4, 0.5) is 0 Å². The van der Waals surface area contributed by atoms with Gasteiger partial charge in [-0.2, -0.15) is 0 Å². The topological polar surface area (TPSA) is 29.1 Å². The molecule has 128 valence electrons. The number of amides is 1. The standard InChI is InChI=1S/C20H25NOS2/c22-18(16-1-3-17(4-2-16)19-23-5-6-24-19)21-20-10-13-7-14(11-20)9-15(8-13)12-20/h1-4,13-15,19H,5-12H2,(H,21,22).